The van der Waals surface area contributed by atoms with Crippen molar-refractivity contribution in [2.75, 3.05) is 25.0 Å². The number of nitrogens with one attached hydrogen (secondary N) is 1. The molecule has 0 heterocycles. The van der Waals surface area contributed by atoms with Crippen molar-refractivity contribution in [1.29, 1.82) is 0 Å². The summed E-state index contributed by atoms with van der Waals surface area (Å²) in [6.45, 7) is 5.01. The number of nitrogens with zero attached hydrogens (tertiary/aromatic N) is 1. The summed E-state index contributed by atoms with van der Waals surface area (Å²) in [7, 11) is 0. The maximum Gasteiger partial charge on any atom is 0.260 e. The van der Waals surface area contributed by atoms with Crippen LogP contribution in [0.1, 0.15) is 24.2 Å². The van der Waals surface area contributed by atoms with Crippen LogP contribution in [0.5, 0.6) is 5.75 Å². The highest BCUT2D eigenvalue weighted by Gasteiger charge is 2.12. The van der Waals surface area contributed by atoms with Gasteiger partial charge in [-0.3, -0.25) is 9.59 Å². The van der Waals surface area contributed by atoms with Crippen molar-refractivity contribution in [3.8, 4) is 5.75 Å². The Morgan fingerprint density at radius 3 is 2.50 bits per heavy atom. The van der Waals surface area contributed by atoms with Gasteiger partial charge in [-0.05, 0) is 50.2 Å². The average molecular weight is 440 g/mol. The van der Waals surface area contributed by atoms with Crippen LogP contribution in [0.4, 0.5) is 5.69 Å². The molecule has 0 spiro atoms. The lowest BCUT2D eigenvalue weighted by molar-refractivity contribution is -0.132. The molecular weight excluding hydrogens is 420 g/mol. The van der Waals surface area contributed by atoms with Crippen molar-refractivity contribution in [3.63, 3.8) is 0 Å². The highest BCUT2D eigenvalue weighted by Crippen LogP contribution is 2.28. The van der Waals surface area contributed by atoms with Crippen molar-refractivity contribution in [1.82, 2.24) is 4.90 Å². The maximum absolute atomic E-state index is 12.3. The van der Waals surface area contributed by atoms with Crippen LogP contribution in [-0.4, -0.2) is 36.4 Å². The number of benzene rings is 2. The first kappa shape index (κ1) is 20.3. The summed E-state index contributed by atoms with van der Waals surface area (Å²) in [4.78, 5) is 25.9. The molecule has 0 aliphatic carbocycles. The third kappa shape index (κ3) is 5.47. The molecular formula is C19H20BrClN2O3. The molecule has 0 saturated carbocycles. The summed E-state index contributed by atoms with van der Waals surface area (Å²) >= 11 is 9.54. The summed E-state index contributed by atoms with van der Waals surface area (Å²) in [6, 6.07) is 12.0. The first-order chi connectivity index (χ1) is 12.4. The number of anilines is 1. The predicted octanol–water partition coefficient (Wildman–Crippen LogP) is 4.60. The molecule has 138 valence electrons. The van der Waals surface area contributed by atoms with Gasteiger partial charge in [0.1, 0.15) is 5.75 Å². The van der Waals surface area contributed by atoms with E-state index in [0.29, 0.717) is 35.1 Å². The number of halogens is 2. The number of hydrogen-bond acceptors (Lipinski definition) is 3. The van der Waals surface area contributed by atoms with Gasteiger partial charge in [-0.15, -0.1) is 0 Å². The van der Waals surface area contributed by atoms with Gasteiger partial charge in [0.2, 0.25) is 0 Å². The van der Waals surface area contributed by atoms with E-state index in [9.17, 15) is 9.59 Å². The number of hydrogen-bond donors (Lipinski definition) is 1. The second-order valence-corrected chi connectivity index (χ2v) is 6.79. The second kappa shape index (κ2) is 9.59. The molecule has 0 aliphatic heterocycles. The Bertz CT molecular complexity index is 794. The zero-order valence-corrected chi connectivity index (χ0v) is 16.9. The van der Waals surface area contributed by atoms with Gasteiger partial charge in [0.25, 0.3) is 11.8 Å². The monoisotopic (exact) mass is 438 g/mol. The van der Waals surface area contributed by atoms with Crippen molar-refractivity contribution >= 4 is 45.0 Å². The summed E-state index contributed by atoms with van der Waals surface area (Å²) < 4.78 is 6.33. The molecule has 5 nitrogen and oxygen atoms in total. The smallest absolute Gasteiger partial charge is 0.260 e. The fourth-order valence-electron chi connectivity index (χ4n) is 2.34. The van der Waals surface area contributed by atoms with Gasteiger partial charge in [0.05, 0.1) is 5.02 Å². The number of ether oxygens (including phenoxy) is 1. The molecule has 0 bridgehead atoms. The minimum absolute atomic E-state index is 0.0782. The van der Waals surface area contributed by atoms with E-state index in [4.69, 9.17) is 16.3 Å². The van der Waals surface area contributed by atoms with Crippen LogP contribution in [-0.2, 0) is 4.79 Å². The lowest BCUT2D eigenvalue weighted by Gasteiger charge is -2.19. The van der Waals surface area contributed by atoms with Gasteiger partial charge >= 0.3 is 0 Å². The second-order valence-electron chi connectivity index (χ2n) is 5.46. The fourth-order valence-corrected chi connectivity index (χ4v) is 2.97. The highest BCUT2D eigenvalue weighted by molar-refractivity contribution is 9.10. The summed E-state index contributed by atoms with van der Waals surface area (Å²) in [6.07, 6.45) is 0. The molecule has 7 heteroatoms. The SMILES string of the molecule is CCN(CC)C(=O)COc1ccc(NC(=O)c2cccc(Br)c2)cc1Cl. The molecule has 0 radical (unpaired) electrons. The predicted molar refractivity (Wildman–Crippen MR) is 107 cm³/mol. The van der Waals surface area contributed by atoms with Crippen LogP contribution >= 0.6 is 27.5 Å². The molecule has 2 aromatic rings. The molecule has 0 atom stereocenters. The molecule has 2 amide bonds. The van der Waals surface area contributed by atoms with Crippen molar-refractivity contribution < 1.29 is 14.3 Å². The van der Waals surface area contributed by atoms with Crippen molar-refractivity contribution in [3.05, 3.63) is 57.5 Å². The maximum atomic E-state index is 12.3. The summed E-state index contributed by atoms with van der Waals surface area (Å²) in [5.74, 6) is 0.0541. The van der Waals surface area contributed by atoms with Gasteiger partial charge in [-0.25, -0.2) is 0 Å². The van der Waals surface area contributed by atoms with E-state index in [-0.39, 0.29) is 18.4 Å². The van der Waals surface area contributed by atoms with Gasteiger partial charge in [-0.2, -0.15) is 0 Å². The van der Waals surface area contributed by atoms with E-state index in [2.05, 4.69) is 21.2 Å². The van der Waals surface area contributed by atoms with Crippen LogP contribution < -0.4 is 10.1 Å². The highest BCUT2D eigenvalue weighted by atomic mass is 79.9. The Kier molecular flexibility index (Phi) is 7.48. The van der Waals surface area contributed by atoms with Crippen LogP contribution in [0.2, 0.25) is 5.02 Å². The molecule has 1 N–H and O–H groups in total. The summed E-state index contributed by atoms with van der Waals surface area (Å²) in [5.41, 5.74) is 1.07. The Balaban J connectivity index is 2.00. The first-order valence-electron chi connectivity index (χ1n) is 8.21. The van der Waals surface area contributed by atoms with Crippen LogP contribution in [0.15, 0.2) is 46.9 Å². The number of carbonyl (C=O) groups is 2. The molecule has 26 heavy (non-hydrogen) atoms. The Labute approximate surface area is 166 Å². The molecule has 0 fully saturated rings. The number of likely N-dealkylation sites (N-methyl/N-ethyl adjacent to an activating group) is 1. The molecule has 0 saturated heterocycles. The van der Waals surface area contributed by atoms with Gasteiger partial charge in [0.15, 0.2) is 6.61 Å². The fraction of sp³-hybridized carbons (Fsp3) is 0.263. The zero-order valence-electron chi connectivity index (χ0n) is 14.6. The minimum Gasteiger partial charge on any atom is -0.482 e. The van der Waals surface area contributed by atoms with E-state index in [0.717, 1.165) is 4.47 Å². The zero-order chi connectivity index (χ0) is 19.1. The van der Waals surface area contributed by atoms with Crippen LogP contribution in [0, 0.1) is 0 Å². The molecule has 0 unspecified atom stereocenters. The van der Waals surface area contributed by atoms with E-state index in [1.807, 2.05) is 19.9 Å². The van der Waals surface area contributed by atoms with Gasteiger partial charge in [-0.1, -0.05) is 33.6 Å². The molecule has 2 rings (SSSR count). The average Bonchev–Trinajstić information content (AvgIpc) is 2.62. The third-order valence-electron chi connectivity index (χ3n) is 3.74. The quantitative estimate of drug-likeness (QED) is 0.686. The molecule has 2 aromatic carbocycles. The van der Waals surface area contributed by atoms with E-state index >= 15 is 0 Å². The van der Waals surface area contributed by atoms with E-state index in [1.54, 1.807) is 41.3 Å². The van der Waals surface area contributed by atoms with E-state index in [1.165, 1.54) is 0 Å². The van der Waals surface area contributed by atoms with Crippen LogP contribution in [0.3, 0.4) is 0 Å². The third-order valence-corrected chi connectivity index (χ3v) is 4.53. The first-order valence-corrected chi connectivity index (χ1v) is 9.38. The van der Waals surface area contributed by atoms with Crippen molar-refractivity contribution in [2.24, 2.45) is 0 Å². The molecule has 0 aromatic heterocycles. The number of amides is 2. The van der Waals surface area contributed by atoms with Gasteiger partial charge < -0.3 is 15.0 Å². The topological polar surface area (TPSA) is 58.6 Å². The largest absolute Gasteiger partial charge is 0.482 e. The van der Waals surface area contributed by atoms with Crippen molar-refractivity contribution in [2.45, 2.75) is 13.8 Å². The lowest BCUT2D eigenvalue weighted by atomic mass is 10.2. The van der Waals surface area contributed by atoms with Crippen LogP contribution in [0.25, 0.3) is 0 Å². The molecule has 0 aliphatic rings. The number of carbonyl (C=O) groups excluding carboxylic acids is 2. The van der Waals surface area contributed by atoms with Gasteiger partial charge in [0, 0.05) is 28.8 Å². The minimum atomic E-state index is -0.243. The Hall–Kier alpha value is -2.05. The standard InChI is InChI=1S/C19H20BrClN2O3/c1-3-23(4-2)18(24)12-26-17-9-8-15(11-16(17)21)22-19(25)13-6-5-7-14(20)10-13/h5-11H,3-4,12H2,1-2H3,(H,22,25). The summed E-state index contributed by atoms with van der Waals surface area (Å²) in [5, 5.41) is 3.10. The number of rotatable bonds is 7. The van der Waals surface area contributed by atoms with E-state index < -0.39 is 0 Å². The Morgan fingerprint density at radius 2 is 1.88 bits per heavy atom. The lowest BCUT2D eigenvalue weighted by Crippen LogP contribution is -2.34. The normalized spacial score (nSPS) is 10.3. The Morgan fingerprint density at radius 1 is 1.15 bits per heavy atom.